The molecule has 0 spiro atoms. The van der Waals surface area contributed by atoms with Crippen LogP contribution >= 0.6 is 0 Å². The number of hydroxylamine groups is 1. The summed E-state index contributed by atoms with van der Waals surface area (Å²) in [5.41, 5.74) is 5.06. The first-order valence-electron chi connectivity index (χ1n) is 3.85. The van der Waals surface area contributed by atoms with Gasteiger partial charge < -0.3 is 0 Å². The molecule has 0 atom stereocenters. The second-order valence-corrected chi connectivity index (χ2v) is 2.75. The molecule has 62 valence electrons. The van der Waals surface area contributed by atoms with Gasteiger partial charge in [-0.05, 0) is 6.92 Å². The van der Waals surface area contributed by atoms with Crippen LogP contribution in [0.5, 0.6) is 0 Å². The van der Waals surface area contributed by atoms with Crippen molar-refractivity contribution >= 4 is 5.84 Å². The molecular weight excluding hydrogens is 152 g/mol. The van der Waals surface area contributed by atoms with E-state index in [2.05, 4.69) is 29.5 Å². The number of hydrogen-bond acceptors (Lipinski definition) is 3. The normalized spacial score (nSPS) is 15.6. The number of amidine groups is 1. The molecule has 1 aromatic carbocycles. The van der Waals surface area contributed by atoms with Crippen LogP contribution in [0.25, 0.3) is 0 Å². The fraction of sp³-hybridized carbons (Fsp3) is 0.222. The topological polar surface area (TPSA) is 33.6 Å². The molecule has 3 heteroatoms. The zero-order valence-electron chi connectivity index (χ0n) is 6.87. The van der Waals surface area contributed by atoms with Crippen LogP contribution in [0.2, 0.25) is 0 Å². The minimum atomic E-state index is 0.406. The monoisotopic (exact) mass is 162 g/mol. The van der Waals surface area contributed by atoms with Crippen LogP contribution in [0, 0.1) is 6.92 Å². The molecule has 1 heterocycles. The lowest BCUT2D eigenvalue weighted by Gasteiger charge is -2.00. The van der Waals surface area contributed by atoms with Crippen LogP contribution in [0.1, 0.15) is 11.1 Å². The molecule has 0 amide bonds. The van der Waals surface area contributed by atoms with Crippen molar-refractivity contribution in [3.8, 4) is 0 Å². The van der Waals surface area contributed by atoms with Crippen molar-refractivity contribution in [3.05, 3.63) is 35.4 Å². The summed E-state index contributed by atoms with van der Waals surface area (Å²) in [5.74, 6) is 0.815. The first-order chi connectivity index (χ1) is 5.86. The molecule has 0 unspecified atom stereocenters. The Morgan fingerprint density at radius 2 is 2.08 bits per heavy atom. The van der Waals surface area contributed by atoms with Gasteiger partial charge in [-0.3, -0.25) is 4.84 Å². The molecule has 1 aliphatic heterocycles. The van der Waals surface area contributed by atoms with Crippen molar-refractivity contribution in [2.75, 3.05) is 6.73 Å². The van der Waals surface area contributed by atoms with E-state index in [1.807, 2.05) is 12.1 Å². The zero-order valence-corrected chi connectivity index (χ0v) is 6.87. The highest BCUT2D eigenvalue weighted by molar-refractivity contribution is 5.98. The van der Waals surface area contributed by atoms with Gasteiger partial charge in [-0.15, -0.1) is 0 Å². The van der Waals surface area contributed by atoms with E-state index in [4.69, 9.17) is 4.84 Å². The molecule has 12 heavy (non-hydrogen) atoms. The molecule has 1 aliphatic rings. The fourth-order valence-corrected chi connectivity index (χ4v) is 1.09. The van der Waals surface area contributed by atoms with Crippen molar-refractivity contribution in [1.29, 1.82) is 0 Å². The lowest BCUT2D eigenvalue weighted by atomic mass is 10.1. The molecule has 1 aromatic rings. The Kier molecular flexibility index (Phi) is 1.80. The van der Waals surface area contributed by atoms with Crippen LogP contribution in [-0.4, -0.2) is 12.6 Å². The van der Waals surface area contributed by atoms with E-state index >= 15 is 0 Å². The van der Waals surface area contributed by atoms with Gasteiger partial charge in [0.15, 0.2) is 12.6 Å². The largest absolute Gasteiger partial charge is 0.251 e. The summed E-state index contributed by atoms with van der Waals surface area (Å²) in [6, 6.07) is 8.15. The summed E-state index contributed by atoms with van der Waals surface area (Å²) in [4.78, 5) is 9.01. The first kappa shape index (κ1) is 7.31. The standard InChI is InChI=1S/C9H10N2O/c1-7-2-4-8(5-3-7)9-10-6-12-11-9/h2-5H,6H2,1H3,(H,10,11). The van der Waals surface area contributed by atoms with Crippen LogP contribution in [0.15, 0.2) is 29.3 Å². The van der Waals surface area contributed by atoms with Gasteiger partial charge in [0.25, 0.3) is 0 Å². The minimum Gasteiger partial charge on any atom is -0.251 e. The lowest BCUT2D eigenvalue weighted by Crippen LogP contribution is -2.17. The van der Waals surface area contributed by atoms with Crippen molar-refractivity contribution < 1.29 is 4.84 Å². The smallest absolute Gasteiger partial charge is 0.167 e. The van der Waals surface area contributed by atoms with E-state index in [1.54, 1.807) is 0 Å². The number of nitrogens with one attached hydrogen (secondary N) is 1. The predicted octanol–water partition coefficient (Wildman–Crippen LogP) is 1.23. The molecule has 0 bridgehead atoms. The SMILES string of the molecule is Cc1ccc(C2=NCON2)cc1. The second-order valence-electron chi connectivity index (χ2n) is 2.75. The maximum absolute atomic E-state index is 4.89. The highest BCUT2D eigenvalue weighted by Gasteiger charge is 2.06. The van der Waals surface area contributed by atoms with Gasteiger partial charge >= 0.3 is 0 Å². The second kappa shape index (κ2) is 2.95. The van der Waals surface area contributed by atoms with Crippen molar-refractivity contribution in [2.45, 2.75) is 6.92 Å². The molecule has 0 aromatic heterocycles. The van der Waals surface area contributed by atoms with Gasteiger partial charge in [0.05, 0.1) is 0 Å². The van der Waals surface area contributed by atoms with Crippen molar-refractivity contribution in [2.24, 2.45) is 4.99 Å². The van der Waals surface area contributed by atoms with E-state index < -0.39 is 0 Å². The number of aryl methyl sites for hydroxylation is 1. The number of hydrogen-bond donors (Lipinski definition) is 1. The summed E-state index contributed by atoms with van der Waals surface area (Å²) >= 11 is 0. The van der Waals surface area contributed by atoms with Gasteiger partial charge in [-0.1, -0.05) is 29.8 Å². The van der Waals surface area contributed by atoms with Gasteiger partial charge in [0.1, 0.15) is 0 Å². The van der Waals surface area contributed by atoms with Gasteiger partial charge in [0, 0.05) is 5.56 Å². The summed E-state index contributed by atoms with van der Waals surface area (Å²) in [5, 5.41) is 0. The Hall–Kier alpha value is -1.35. The third kappa shape index (κ3) is 1.31. The Morgan fingerprint density at radius 1 is 1.33 bits per heavy atom. The molecule has 0 aliphatic carbocycles. The summed E-state index contributed by atoms with van der Waals surface area (Å²) in [6.45, 7) is 2.47. The van der Waals surface area contributed by atoms with E-state index in [0.717, 1.165) is 11.4 Å². The summed E-state index contributed by atoms with van der Waals surface area (Å²) < 4.78 is 0. The quantitative estimate of drug-likeness (QED) is 0.674. The molecule has 0 saturated carbocycles. The molecule has 2 rings (SSSR count). The predicted molar refractivity (Wildman–Crippen MR) is 46.8 cm³/mol. The fourth-order valence-electron chi connectivity index (χ4n) is 1.09. The van der Waals surface area contributed by atoms with Crippen LogP contribution in [-0.2, 0) is 4.84 Å². The molecular formula is C9H10N2O. The van der Waals surface area contributed by atoms with Gasteiger partial charge in [-0.2, -0.15) is 0 Å². The number of aliphatic imine (C=N–C) groups is 1. The number of rotatable bonds is 1. The minimum absolute atomic E-state index is 0.406. The average molecular weight is 162 g/mol. The Bertz CT molecular complexity index is 303. The van der Waals surface area contributed by atoms with Crippen LogP contribution in [0.4, 0.5) is 0 Å². The third-order valence-corrected chi connectivity index (χ3v) is 1.78. The zero-order chi connectivity index (χ0) is 8.39. The van der Waals surface area contributed by atoms with Gasteiger partial charge in [-0.25, -0.2) is 10.5 Å². The molecule has 0 radical (unpaired) electrons. The van der Waals surface area contributed by atoms with Crippen LogP contribution < -0.4 is 5.48 Å². The summed E-state index contributed by atoms with van der Waals surface area (Å²) in [6.07, 6.45) is 0. The number of benzene rings is 1. The van der Waals surface area contributed by atoms with Crippen molar-refractivity contribution in [1.82, 2.24) is 5.48 Å². The molecule has 0 fully saturated rings. The highest BCUT2D eigenvalue weighted by Crippen LogP contribution is 2.05. The maximum atomic E-state index is 4.89. The van der Waals surface area contributed by atoms with E-state index in [0.29, 0.717) is 6.73 Å². The lowest BCUT2D eigenvalue weighted by molar-refractivity contribution is 0.115. The van der Waals surface area contributed by atoms with Gasteiger partial charge in [0.2, 0.25) is 0 Å². The van der Waals surface area contributed by atoms with Crippen LogP contribution in [0.3, 0.4) is 0 Å². The summed E-state index contributed by atoms with van der Waals surface area (Å²) in [7, 11) is 0. The first-order valence-corrected chi connectivity index (χ1v) is 3.85. The maximum Gasteiger partial charge on any atom is 0.167 e. The molecule has 3 nitrogen and oxygen atoms in total. The highest BCUT2D eigenvalue weighted by atomic mass is 16.7. The average Bonchev–Trinajstić information content (AvgIpc) is 2.58. The van der Waals surface area contributed by atoms with E-state index in [1.165, 1.54) is 5.56 Å². The Morgan fingerprint density at radius 3 is 2.67 bits per heavy atom. The van der Waals surface area contributed by atoms with E-state index in [-0.39, 0.29) is 0 Å². The van der Waals surface area contributed by atoms with E-state index in [9.17, 15) is 0 Å². The Balaban J connectivity index is 2.28. The Labute approximate surface area is 71.0 Å². The third-order valence-electron chi connectivity index (χ3n) is 1.78. The molecule has 0 saturated heterocycles. The van der Waals surface area contributed by atoms with Crippen molar-refractivity contribution in [3.63, 3.8) is 0 Å². The number of nitrogens with zero attached hydrogens (tertiary/aromatic N) is 1. The molecule has 1 N–H and O–H groups in total.